The SMILES string of the molecule is CC(C)(C)OC(=O)NC1CCN(CC(F)(F)F)C1=O. The Bertz CT molecular complexity index is 363. The highest BCUT2D eigenvalue weighted by Crippen LogP contribution is 2.21. The summed E-state index contributed by atoms with van der Waals surface area (Å²) in [6.07, 6.45) is -5.09. The van der Waals surface area contributed by atoms with Crippen LogP contribution in [-0.2, 0) is 9.53 Å². The van der Waals surface area contributed by atoms with Gasteiger partial charge in [0.15, 0.2) is 0 Å². The third-order valence-electron chi connectivity index (χ3n) is 2.36. The number of amides is 2. The van der Waals surface area contributed by atoms with Gasteiger partial charge in [0.1, 0.15) is 18.2 Å². The first kappa shape index (κ1) is 15.6. The average molecular weight is 282 g/mol. The fourth-order valence-corrected chi connectivity index (χ4v) is 1.70. The van der Waals surface area contributed by atoms with E-state index < -0.39 is 36.4 Å². The van der Waals surface area contributed by atoms with Crippen molar-refractivity contribution in [2.24, 2.45) is 0 Å². The second-order valence-corrected chi connectivity index (χ2v) is 5.36. The number of likely N-dealkylation sites (tertiary alicyclic amines) is 1. The van der Waals surface area contributed by atoms with E-state index in [1.165, 1.54) is 0 Å². The molecule has 0 radical (unpaired) electrons. The van der Waals surface area contributed by atoms with Crippen molar-refractivity contribution in [1.82, 2.24) is 10.2 Å². The number of halogens is 3. The summed E-state index contributed by atoms with van der Waals surface area (Å²) in [4.78, 5) is 23.7. The lowest BCUT2D eigenvalue weighted by atomic mass is 10.2. The van der Waals surface area contributed by atoms with Crippen molar-refractivity contribution < 1.29 is 27.5 Å². The molecule has 5 nitrogen and oxygen atoms in total. The Kier molecular flexibility index (Phi) is 4.32. The predicted molar refractivity (Wildman–Crippen MR) is 60.4 cm³/mol. The van der Waals surface area contributed by atoms with Crippen LogP contribution >= 0.6 is 0 Å². The van der Waals surface area contributed by atoms with Crippen LogP contribution in [0.15, 0.2) is 0 Å². The van der Waals surface area contributed by atoms with Gasteiger partial charge in [-0.1, -0.05) is 0 Å². The first-order chi connectivity index (χ1) is 8.48. The number of carbonyl (C=O) groups is 2. The lowest BCUT2D eigenvalue weighted by Gasteiger charge is -2.22. The van der Waals surface area contributed by atoms with E-state index in [0.29, 0.717) is 4.90 Å². The molecule has 8 heteroatoms. The molecule has 1 atom stereocenters. The monoisotopic (exact) mass is 282 g/mol. The highest BCUT2D eigenvalue weighted by molar-refractivity contribution is 5.87. The summed E-state index contributed by atoms with van der Waals surface area (Å²) < 4.78 is 41.5. The molecule has 1 aliphatic rings. The fourth-order valence-electron chi connectivity index (χ4n) is 1.70. The van der Waals surface area contributed by atoms with Crippen LogP contribution in [-0.4, -0.2) is 47.8 Å². The van der Waals surface area contributed by atoms with Crippen LogP contribution in [0.25, 0.3) is 0 Å². The molecule has 0 aromatic carbocycles. The zero-order chi connectivity index (χ0) is 14.8. The van der Waals surface area contributed by atoms with E-state index in [0.717, 1.165) is 0 Å². The zero-order valence-corrected chi connectivity index (χ0v) is 11.0. The minimum absolute atomic E-state index is 0.0290. The second-order valence-electron chi connectivity index (χ2n) is 5.36. The van der Waals surface area contributed by atoms with E-state index in [4.69, 9.17) is 4.74 Å². The molecule has 1 N–H and O–H groups in total. The van der Waals surface area contributed by atoms with Gasteiger partial charge in [0.2, 0.25) is 5.91 Å². The summed E-state index contributed by atoms with van der Waals surface area (Å²) in [5, 5.41) is 2.28. The standard InChI is InChI=1S/C11H17F3N2O3/c1-10(2,3)19-9(18)15-7-4-5-16(8(7)17)6-11(12,13)14/h7H,4-6H2,1-3H3,(H,15,18). The van der Waals surface area contributed by atoms with Crippen molar-refractivity contribution in [3.63, 3.8) is 0 Å². The number of rotatable bonds is 2. The summed E-state index contributed by atoms with van der Waals surface area (Å²) in [6.45, 7) is 3.63. The van der Waals surface area contributed by atoms with Gasteiger partial charge < -0.3 is 15.0 Å². The molecule has 0 bridgehead atoms. The molecule has 110 valence electrons. The lowest BCUT2D eigenvalue weighted by molar-refractivity contribution is -0.157. The number of alkyl carbamates (subject to hydrolysis) is 1. The van der Waals surface area contributed by atoms with Gasteiger partial charge >= 0.3 is 12.3 Å². The topological polar surface area (TPSA) is 58.6 Å². The van der Waals surface area contributed by atoms with Crippen molar-refractivity contribution in [2.75, 3.05) is 13.1 Å². The van der Waals surface area contributed by atoms with Crippen LogP contribution in [0.3, 0.4) is 0 Å². The molecule has 0 spiro atoms. The third-order valence-corrected chi connectivity index (χ3v) is 2.36. The number of hydrogen-bond donors (Lipinski definition) is 1. The Hall–Kier alpha value is -1.47. The third kappa shape index (κ3) is 5.35. The number of nitrogens with one attached hydrogen (secondary N) is 1. The molecule has 1 fully saturated rings. The van der Waals surface area contributed by atoms with E-state index in [2.05, 4.69) is 5.32 Å². The largest absolute Gasteiger partial charge is 0.444 e. The Morgan fingerprint density at radius 2 is 2.00 bits per heavy atom. The predicted octanol–water partition coefficient (Wildman–Crippen LogP) is 1.67. The van der Waals surface area contributed by atoms with Crippen LogP contribution in [0.5, 0.6) is 0 Å². The summed E-state index contributed by atoms with van der Waals surface area (Å²) >= 11 is 0. The van der Waals surface area contributed by atoms with Crippen molar-refractivity contribution in [1.29, 1.82) is 0 Å². The van der Waals surface area contributed by atoms with Crippen LogP contribution in [0.2, 0.25) is 0 Å². The van der Waals surface area contributed by atoms with Crippen LogP contribution in [0.4, 0.5) is 18.0 Å². The number of ether oxygens (including phenoxy) is 1. The maximum Gasteiger partial charge on any atom is 0.408 e. The normalized spacial score (nSPS) is 20.6. The maximum atomic E-state index is 12.2. The van der Waals surface area contributed by atoms with Crippen LogP contribution < -0.4 is 5.32 Å². The van der Waals surface area contributed by atoms with E-state index in [1.807, 2.05) is 0 Å². The van der Waals surface area contributed by atoms with Crippen LogP contribution in [0.1, 0.15) is 27.2 Å². The molecule has 0 aromatic rings. The van der Waals surface area contributed by atoms with Gasteiger partial charge in [-0.25, -0.2) is 4.79 Å². The van der Waals surface area contributed by atoms with Gasteiger partial charge in [-0.05, 0) is 27.2 Å². The molecular formula is C11H17F3N2O3. The van der Waals surface area contributed by atoms with Crippen molar-refractivity contribution in [3.8, 4) is 0 Å². The molecule has 1 rings (SSSR count). The van der Waals surface area contributed by atoms with E-state index in [-0.39, 0.29) is 13.0 Å². The van der Waals surface area contributed by atoms with Gasteiger partial charge in [-0.15, -0.1) is 0 Å². The zero-order valence-electron chi connectivity index (χ0n) is 11.0. The summed E-state index contributed by atoms with van der Waals surface area (Å²) in [5.41, 5.74) is -0.725. The molecule has 1 heterocycles. The summed E-state index contributed by atoms with van der Waals surface area (Å²) in [7, 11) is 0. The Morgan fingerprint density at radius 1 is 1.42 bits per heavy atom. The Morgan fingerprint density at radius 3 is 2.47 bits per heavy atom. The minimum Gasteiger partial charge on any atom is -0.444 e. The van der Waals surface area contributed by atoms with Gasteiger partial charge in [-0.3, -0.25) is 4.79 Å². The van der Waals surface area contributed by atoms with Gasteiger partial charge in [-0.2, -0.15) is 13.2 Å². The van der Waals surface area contributed by atoms with E-state index in [1.54, 1.807) is 20.8 Å². The average Bonchev–Trinajstić information content (AvgIpc) is 2.44. The first-order valence-corrected chi connectivity index (χ1v) is 5.83. The highest BCUT2D eigenvalue weighted by atomic mass is 19.4. The number of carbonyl (C=O) groups excluding carboxylic acids is 2. The molecule has 1 aliphatic heterocycles. The van der Waals surface area contributed by atoms with Crippen LogP contribution in [0, 0.1) is 0 Å². The van der Waals surface area contributed by atoms with Crippen molar-refractivity contribution in [2.45, 2.75) is 45.0 Å². The molecule has 19 heavy (non-hydrogen) atoms. The molecule has 0 aliphatic carbocycles. The fraction of sp³-hybridized carbons (Fsp3) is 0.818. The molecule has 0 aromatic heterocycles. The van der Waals surface area contributed by atoms with E-state index in [9.17, 15) is 22.8 Å². The second kappa shape index (κ2) is 5.26. The van der Waals surface area contributed by atoms with Gasteiger partial charge in [0, 0.05) is 6.54 Å². The quantitative estimate of drug-likeness (QED) is 0.838. The minimum atomic E-state index is -4.43. The molecule has 1 unspecified atom stereocenters. The smallest absolute Gasteiger partial charge is 0.408 e. The van der Waals surface area contributed by atoms with Crippen molar-refractivity contribution >= 4 is 12.0 Å². The van der Waals surface area contributed by atoms with E-state index >= 15 is 0 Å². The first-order valence-electron chi connectivity index (χ1n) is 5.83. The lowest BCUT2D eigenvalue weighted by Crippen LogP contribution is -2.45. The van der Waals surface area contributed by atoms with Gasteiger partial charge in [0.05, 0.1) is 0 Å². The Balaban J connectivity index is 2.50. The summed E-state index contributed by atoms with van der Waals surface area (Å²) in [6, 6.07) is -0.947. The molecule has 2 amide bonds. The maximum absolute atomic E-state index is 12.2. The van der Waals surface area contributed by atoms with Crippen molar-refractivity contribution in [3.05, 3.63) is 0 Å². The number of alkyl halides is 3. The Labute approximate surface area is 109 Å². The van der Waals surface area contributed by atoms with Gasteiger partial charge in [0.25, 0.3) is 0 Å². The number of nitrogens with zero attached hydrogens (tertiary/aromatic N) is 1. The molecule has 0 saturated carbocycles. The highest BCUT2D eigenvalue weighted by Gasteiger charge is 2.40. The number of hydrogen-bond acceptors (Lipinski definition) is 3. The molecular weight excluding hydrogens is 265 g/mol. The molecule has 1 saturated heterocycles. The summed E-state index contributed by atoms with van der Waals surface area (Å²) in [5.74, 6) is -0.733.